The molecule has 0 spiro atoms. The lowest BCUT2D eigenvalue weighted by molar-refractivity contribution is -0.117. The van der Waals surface area contributed by atoms with E-state index in [1.807, 2.05) is 60.7 Å². The molecule has 0 aliphatic carbocycles. The second-order valence-corrected chi connectivity index (χ2v) is 5.72. The van der Waals surface area contributed by atoms with Crippen molar-refractivity contribution in [3.05, 3.63) is 84.4 Å². The number of amides is 1. The number of aromatic hydroxyl groups is 2. The number of aryl methyl sites for hydroxylation is 1. The molecule has 0 heterocycles. The number of hydrogen-bond donors (Lipinski definition) is 2. The van der Waals surface area contributed by atoms with Gasteiger partial charge in [-0.2, -0.15) is 0 Å². The van der Waals surface area contributed by atoms with Crippen molar-refractivity contribution >= 4 is 17.3 Å². The van der Waals surface area contributed by atoms with Crippen LogP contribution < -0.4 is 4.90 Å². The van der Waals surface area contributed by atoms with Gasteiger partial charge < -0.3 is 10.2 Å². The van der Waals surface area contributed by atoms with Crippen LogP contribution in [0.5, 0.6) is 11.5 Å². The predicted octanol–water partition coefficient (Wildman–Crippen LogP) is 4.40. The van der Waals surface area contributed by atoms with E-state index in [4.69, 9.17) is 0 Å². The lowest BCUT2D eigenvalue weighted by Crippen LogP contribution is -2.26. The molecule has 25 heavy (non-hydrogen) atoms. The number of carbonyl (C=O) groups is 1. The lowest BCUT2D eigenvalue weighted by Gasteiger charge is -2.23. The summed E-state index contributed by atoms with van der Waals surface area (Å²) in [6.07, 6.45) is 0.761. The Morgan fingerprint density at radius 2 is 1.32 bits per heavy atom. The van der Waals surface area contributed by atoms with Crippen LogP contribution in [-0.4, -0.2) is 16.1 Å². The number of carbonyl (C=O) groups excluding carboxylic acids is 1. The highest BCUT2D eigenvalue weighted by molar-refractivity contribution is 6.00. The maximum absolute atomic E-state index is 12.9. The third-order valence-electron chi connectivity index (χ3n) is 3.95. The first kappa shape index (κ1) is 16.6. The Bertz CT molecular complexity index is 808. The van der Waals surface area contributed by atoms with Crippen LogP contribution in [0.3, 0.4) is 0 Å². The van der Waals surface area contributed by atoms with Gasteiger partial charge in [0.2, 0.25) is 5.91 Å². The molecule has 0 radical (unpaired) electrons. The van der Waals surface area contributed by atoms with Gasteiger partial charge in [0.1, 0.15) is 0 Å². The van der Waals surface area contributed by atoms with E-state index >= 15 is 0 Å². The number of rotatable bonds is 5. The highest BCUT2D eigenvalue weighted by Crippen LogP contribution is 2.28. The summed E-state index contributed by atoms with van der Waals surface area (Å²) in [6.45, 7) is 0. The molecular weight excluding hydrogens is 314 g/mol. The molecule has 0 saturated heterocycles. The number of phenolic OH excluding ortho intramolecular Hbond substituents is 2. The Morgan fingerprint density at radius 1 is 0.760 bits per heavy atom. The highest BCUT2D eigenvalue weighted by Gasteiger charge is 2.17. The summed E-state index contributed by atoms with van der Waals surface area (Å²) in [7, 11) is 0. The zero-order valence-electron chi connectivity index (χ0n) is 13.7. The molecule has 126 valence electrons. The average Bonchev–Trinajstić information content (AvgIpc) is 2.65. The maximum Gasteiger partial charge on any atom is 0.231 e. The molecule has 3 aromatic carbocycles. The van der Waals surface area contributed by atoms with Crippen LogP contribution in [0.4, 0.5) is 11.4 Å². The van der Waals surface area contributed by atoms with Crippen LogP contribution in [0.15, 0.2) is 78.9 Å². The van der Waals surface area contributed by atoms with Crippen molar-refractivity contribution in [2.75, 3.05) is 4.90 Å². The fourth-order valence-electron chi connectivity index (χ4n) is 2.68. The topological polar surface area (TPSA) is 60.8 Å². The van der Waals surface area contributed by atoms with Crippen LogP contribution in [0.1, 0.15) is 12.0 Å². The number of phenols is 2. The van der Waals surface area contributed by atoms with Gasteiger partial charge in [0.15, 0.2) is 11.5 Å². The molecule has 0 atom stereocenters. The number of nitrogens with zero attached hydrogens (tertiary/aromatic N) is 1. The Hall–Kier alpha value is -3.27. The van der Waals surface area contributed by atoms with E-state index in [0.29, 0.717) is 6.42 Å². The molecule has 3 aromatic rings. The second-order valence-electron chi connectivity index (χ2n) is 5.72. The molecule has 4 nitrogen and oxygen atoms in total. The van der Waals surface area contributed by atoms with E-state index in [9.17, 15) is 15.0 Å². The average molecular weight is 333 g/mol. The number of benzene rings is 3. The molecule has 0 bridgehead atoms. The molecule has 3 rings (SSSR count). The molecule has 1 amide bonds. The van der Waals surface area contributed by atoms with E-state index in [0.717, 1.165) is 16.9 Å². The van der Waals surface area contributed by atoms with Crippen molar-refractivity contribution in [2.24, 2.45) is 0 Å². The van der Waals surface area contributed by atoms with Gasteiger partial charge in [0, 0.05) is 17.8 Å². The SMILES string of the molecule is O=C(CCc1ccc(O)c(O)c1)N(c1ccccc1)c1ccccc1. The monoisotopic (exact) mass is 333 g/mol. The zero-order chi connectivity index (χ0) is 17.6. The molecule has 0 saturated carbocycles. The molecule has 0 fully saturated rings. The van der Waals surface area contributed by atoms with Gasteiger partial charge in [0.25, 0.3) is 0 Å². The minimum atomic E-state index is -0.173. The molecule has 2 N–H and O–H groups in total. The Labute approximate surface area is 146 Å². The van der Waals surface area contributed by atoms with Crippen molar-refractivity contribution in [3.8, 4) is 11.5 Å². The first-order chi connectivity index (χ1) is 12.1. The standard InChI is InChI=1S/C21H19NO3/c23-19-13-11-16(15-20(19)24)12-14-21(25)22(17-7-3-1-4-8-17)18-9-5-2-6-10-18/h1-11,13,15,23-24H,12,14H2. The van der Waals surface area contributed by atoms with Crippen molar-refractivity contribution in [2.45, 2.75) is 12.8 Å². The number of anilines is 2. The van der Waals surface area contributed by atoms with Crippen molar-refractivity contribution in [3.63, 3.8) is 0 Å². The van der Waals surface area contributed by atoms with Gasteiger partial charge in [-0.3, -0.25) is 9.69 Å². The van der Waals surface area contributed by atoms with E-state index in [1.165, 1.54) is 12.1 Å². The molecular formula is C21H19NO3. The van der Waals surface area contributed by atoms with E-state index in [-0.39, 0.29) is 23.8 Å². The maximum atomic E-state index is 12.9. The van der Waals surface area contributed by atoms with Crippen molar-refractivity contribution < 1.29 is 15.0 Å². The van der Waals surface area contributed by atoms with Crippen LogP contribution in [-0.2, 0) is 11.2 Å². The van der Waals surface area contributed by atoms with E-state index < -0.39 is 0 Å². The fourth-order valence-corrected chi connectivity index (χ4v) is 2.68. The Balaban J connectivity index is 1.81. The van der Waals surface area contributed by atoms with Crippen LogP contribution in [0.2, 0.25) is 0 Å². The molecule has 0 aliphatic heterocycles. The molecule has 4 heteroatoms. The van der Waals surface area contributed by atoms with E-state index in [2.05, 4.69) is 0 Å². The molecule has 0 aliphatic rings. The van der Waals surface area contributed by atoms with Crippen LogP contribution >= 0.6 is 0 Å². The fraction of sp³-hybridized carbons (Fsp3) is 0.0952. The van der Waals surface area contributed by atoms with Crippen molar-refractivity contribution in [1.82, 2.24) is 0 Å². The summed E-state index contributed by atoms with van der Waals surface area (Å²) in [4.78, 5) is 14.6. The summed E-state index contributed by atoms with van der Waals surface area (Å²) in [5.74, 6) is -0.372. The van der Waals surface area contributed by atoms with E-state index in [1.54, 1.807) is 11.0 Å². The zero-order valence-corrected chi connectivity index (χ0v) is 13.7. The van der Waals surface area contributed by atoms with Gasteiger partial charge in [0.05, 0.1) is 0 Å². The predicted molar refractivity (Wildman–Crippen MR) is 98.1 cm³/mol. The van der Waals surface area contributed by atoms with Gasteiger partial charge in [-0.15, -0.1) is 0 Å². The minimum Gasteiger partial charge on any atom is -0.504 e. The minimum absolute atomic E-state index is 0.0371. The third-order valence-corrected chi connectivity index (χ3v) is 3.95. The number of para-hydroxylation sites is 2. The summed E-state index contributed by atoms with van der Waals surface area (Å²) >= 11 is 0. The van der Waals surface area contributed by atoms with Crippen molar-refractivity contribution in [1.29, 1.82) is 0 Å². The second kappa shape index (κ2) is 7.53. The summed E-state index contributed by atoms with van der Waals surface area (Å²) in [5, 5.41) is 19.0. The summed E-state index contributed by atoms with van der Waals surface area (Å²) < 4.78 is 0. The first-order valence-electron chi connectivity index (χ1n) is 8.09. The largest absolute Gasteiger partial charge is 0.504 e. The normalized spacial score (nSPS) is 10.4. The van der Waals surface area contributed by atoms with Gasteiger partial charge in [-0.05, 0) is 48.4 Å². The van der Waals surface area contributed by atoms with Gasteiger partial charge >= 0.3 is 0 Å². The van der Waals surface area contributed by atoms with Gasteiger partial charge in [-0.1, -0.05) is 42.5 Å². The number of hydrogen-bond acceptors (Lipinski definition) is 3. The van der Waals surface area contributed by atoms with Crippen LogP contribution in [0, 0.1) is 0 Å². The summed E-state index contributed by atoms with van der Waals surface area (Å²) in [6, 6.07) is 23.6. The Kier molecular flexibility index (Phi) is 5.00. The Morgan fingerprint density at radius 3 is 1.84 bits per heavy atom. The highest BCUT2D eigenvalue weighted by atomic mass is 16.3. The molecule has 0 aromatic heterocycles. The summed E-state index contributed by atoms with van der Waals surface area (Å²) in [5.41, 5.74) is 2.42. The quantitative estimate of drug-likeness (QED) is 0.681. The molecule has 0 unspecified atom stereocenters. The smallest absolute Gasteiger partial charge is 0.231 e. The lowest BCUT2D eigenvalue weighted by atomic mass is 10.1. The third kappa shape index (κ3) is 3.98. The first-order valence-corrected chi connectivity index (χ1v) is 8.09. The van der Waals surface area contributed by atoms with Gasteiger partial charge in [-0.25, -0.2) is 0 Å². The van der Waals surface area contributed by atoms with Crippen LogP contribution in [0.25, 0.3) is 0 Å².